The molecule has 2 rings (SSSR count). The first-order valence-corrected chi connectivity index (χ1v) is 6.07. The fourth-order valence-electron chi connectivity index (χ4n) is 1.40. The van der Waals surface area contributed by atoms with Crippen LogP contribution in [-0.4, -0.2) is 21.8 Å². The predicted octanol–water partition coefficient (Wildman–Crippen LogP) is 2.59. The van der Waals surface area contributed by atoms with Crippen molar-refractivity contribution in [3.8, 4) is 0 Å². The fraction of sp³-hybridized carbons (Fsp3) is 0.0833. The van der Waals surface area contributed by atoms with Crippen molar-refractivity contribution in [2.75, 3.05) is 5.32 Å². The van der Waals surface area contributed by atoms with Crippen LogP contribution in [0.25, 0.3) is 0 Å². The van der Waals surface area contributed by atoms with Crippen molar-refractivity contribution in [3.63, 3.8) is 0 Å². The van der Waals surface area contributed by atoms with Crippen molar-refractivity contribution in [1.29, 1.82) is 0 Å². The average Bonchev–Trinajstić information content (AvgIpc) is 2.92. The van der Waals surface area contributed by atoms with Crippen molar-refractivity contribution in [3.05, 3.63) is 46.4 Å². The first-order chi connectivity index (χ1) is 8.70. The number of benzene rings is 1. The molecule has 0 spiro atoms. The molecule has 0 aliphatic carbocycles. The summed E-state index contributed by atoms with van der Waals surface area (Å²) in [5, 5.41) is 14.6. The van der Waals surface area contributed by atoms with Gasteiger partial charge in [-0.3, -0.25) is 9.78 Å². The minimum absolute atomic E-state index is 0.201. The smallest absolute Gasteiger partial charge is 0.267 e. The van der Waals surface area contributed by atoms with Crippen LogP contribution in [0.3, 0.4) is 0 Å². The summed E-state index contributed by atoms with van der Waals surface area (Å²) in [7, 11) is 0. The summed E-state index contributed by atoms with van der Waals surface area (Å²) in [5.74, 6) is -0.201. The molecule has 6 heteroatoms. The molecule has 92 valence electrons. The minimum atomic E-state index is -0.201. The van der Waals surface area contributed by atoms with Gasteiger partial charge in [0.2, 0.25) is 0 Å². The monoisotopic (exact) mass is 261 g/mol. The van der Waals surface area contributed by atoms with Crippen LogP contribution in [0.4, 0.5) is 5.69 Å². The van der Waals surface area contributed by atoms with Crippen molar-refractivity contribution in [2.45, 2.75) is 6.92 Å². The summed E-state index contributed by atoms with van der Waals surface area (Å²) in [6.45, 7) is 1.68. The predicted molar refractivity (Wildman–Crippen MR) is 70.5 cm³/mol. The van der Waals surface area contributed by atoms with Gasteiger partial charge in [0.05, 0.1) is 17.4 Å². The molecule has 0 unspecified atom stereocenters. The number of carbonyl (C=O) groups excluding carboxylic acids is 1. The Balaban J connectivity index is 2.17. The summed E-state index contributed by atoms with van der Waals surface area (Å²) in [5.41, 5.74) is 3.49. The highest BCUT2D eigenvalue weighted by Gasteiger charge is 2.08. The van der Waals surface area contributed by atoms with E-state index in [-0.39, 0.29) is 5.91 Å². The number of aromatic nitrogens is 1. The van der Waals surface area contributed by atoms with E-state index in [9.17, 15) is 4.79 Å². The van der Waals surface area contributed by atoms with Crippen LogP contribution in [0.2, 0.25) is 0 Å². The second-order valence-corrected chi connectivity index (χ2v) is 4.47. The molecule has 0 radical (unpaired) electrons. The molecule has 0 aliphatic rings. The molecular weight excluding hydrogens is 250 g/mol. The third kappa shape index (κ3) is 2.72. The van der Waals surface area contributed by atoms with E-state index in [2.05, 4.69) is 15.5 Å². The van der Waals surface area contributed by atoms with Gasteiger partial charge in [0.25, 0.3) is 5.91 Å². The van der Waals surface area contributed by atoms with Gasteiger partial charge < -0.3 is 10.5 Å². The maximum Gasteiger partial charge on any atom is 0.267 e. The molecule has 0 bridgehead atoms. The lowest BCUT2D eigenvalue weighted by Gasteiger charge is -2.05. The summed E-state index contributed by atoms with van der Waals surface area (Å²) >= 11 is 1.28. The number of nitrogens with zero attached hydrogens (tertiary/aromatic N) is 2. The third-order valence-corrected chi connectivity index (χ3v) is 3.12. The Morgan fingerprint density at radius 3 is 3.00 bits per heavy atom. The van der Waals surface area contributed by atoms with Crippen LogP contribution in [0.1, 0.15) is 22.2 Å². The van der Waals surface area contributed by atoms with Crippen LogP contribution in [0.15, 0.2) is 41.1 Å². The molecule has 1 amide bonds. The summed E-state index contributed by atoms with van der Waals surface area (Å²) in [4.78, 5) is 16.2. The normalized spacial score (nSPS) is 11.3. The number of thiazole rings is 1. The number of amides is 1. The Bertz CT molecular complexity index is 579. The molecule has 0 saturated carbocycles. The molecule has 0 aliphatic heterocycles. The Kier molecular flexibility index (Phi) is 3.69. The van der Waals surface area contributed by atoms with E-state index >= 15 is 0 Å². The van der Waals surface area contributed by atoms with E-state index < -0.39 is 0 Å². The largest absolute Gasteiger partial charge is 0.411 e. The van der Waals surface area contributed by atoms with E-state index in [1.807, 2.05) is 0 Å². The highest BCUT2D eigenvalue weighted by molar-refractivity contribution is 7.11. The van der Waals surface area contributed by atoms with Gasteiger partial charge >= 0.3 is 0 Å². The molecular formula is C12H11N3O2S. The van der Waals surface area contributed by atoms with Crippen LogP contribution in [0.5, 0.6) is 0 Å². The fourth-order valence-corrected chi connectivity index (χ4v) is 1.92. The molecule has 2 aromatic rings. The van der Waals surface area contributed by atoms with Gasteiger partial charge in [-0.1, -0.05) is 17.3 Å². The molecule has 5 nitrogen and oxygen atoms in total. The Labute approximate surface area is 108 Å². The van der Waals surface area contributed by atoms with E-state index in [1.165, 1.54) is 17.5 Å². The van der Waals surface area contributed by atoms with Crippen LogP contribution in [-0.2, 0) is 0 Å². The zero-order valence-electron chi connectivity index (χ0n) is 9.62. The van der Waals surface area contributed by atoms with E-state index in [0.29, 0.717) is 16.3 Å². The lowest BCUT2D eigenvalue weighted by Crippen LogP contribution is -2.10. The Morgan fingerprint density at radius 2 is 2.33 bits per heavy atom. The number of hydrogen-bond donors (Lipinski definition) is 2. The van der Waals surface area contributed by atoms with Crippen molar-refractivity contribution in [2.24, 2.45) is 5.16 Å². The van der Waals surface area contributed by atoms with Crippen LogP contribution >= 0.6 is 11.3 Å². The van der Waals surface area contributed by atoms with Crippen LogP contribution < -0.4 is 5.32 Å². The van der Waals surface area contributed by atoms with Gasteiger partial charge in [-0.25, -0.2) is 0 Å². The van der Waals surface area contributed by atoms with Crippen molar-refractivity contribution in [1.82, 2.24) is 4.98 Å². The second kappa shape index (κ2) is 5.42. The van der Waals surface area contributed by atoms with Gasteiger partial charge in [-0.15, -0.1) is 11.3 Å². The summed E-state index contributed by atoms with van der Waals surface area (Å²) < 4.78 is 0. The van der Waals surface area contributed by atoms with Crippen molar-refractivity contribution < 1.29 is 10.0 Å². The number of oxime groups is 1. The van der Waals surface area contributed by atoms with Gasteiger partial charge in [0.15, 0.2) is 0 Å². The maximum atomic E-state index is 11.8. The van der Waals surface area contributed by atoms with Gasteiger partial charge in [-0.05, 0) is 19.1 Å². The van der Waals surface area contributed by atoms with Gasteiger partial charge in [0.1, 0.15) is 4.88 Å². The van der Waals surface area contributed by atoms with Crippen molar-refractivity contribution >= 4 is 28.6 Å². The molecule has 1 aromatic carbocycles. The molecule has 18 heavy (non-hydrogen) atoms. The summed E-state index contributed by atoms with van der Waals surface area (Å²) in [6.07, 6.45) is 1.52. The maximum absolute atomic E-state index is 11.8. The highest BCUT2D eigenvalue weighted by Crippen LogP contribution is 2.14. The number of hydrogen-bond acceptors (Lipinski definition) is 5. The minimum Gasteiger partial charge on any atom is -0.411 e. The molecule has 1 heterocycles. The first-order valence-electron chi connectivity index (χ1n) is 5.19. The third-order valence-electron chi connectivity index (χ3n) is 2.34. The topological polar surface area (TPSA) is 74.6 Å². The molecule has 0 fully saturated rings. The quantitative estimate of drug-likeness (QED) is 0.506. The van der Waals surface area contributed by atoms with E-state index in [1.54, 1.807) is 36.7 Å². The van der Waals surface area contributed by atoms with Gasteiger partial charge in [0, 0.05) is 11.3 Å². The molecule has 0 atom stereocenters. The first kappa shape index (κ1) is 12.3. The van der Waals surface area contributed by atoms with E-state index in [4.69, 9.17) is 5.21 Å². The number of carbonyl (C=O) groups is 1. The molecule has 0 saturated heterocycles. The zero-order chi connectivity index (χ0) is 13.0. The van der Waals surface area contributed by atoms with Gasteiger partial charge in [-0.2, -0.15) is 0 Å². The number of nitrogens with one attached hydrogen (secondary N) is 1. The standard InChI is InChI=1S/C12H11N3O2S/c1-8(15-17)9-3-2-4-10(5-9)14-12(16)11-6-13-7-18-11/h2-7,17H,1H3,(H,14,16)/b15-8-. The molecule has 2 N–H and O–H groups in total. The second-order valence-electron chi connectivity index (χ2n) is 3.59. The number of rotatable bonds is 3. The molecule has 1 aromatic heterocycles. The lowest BCUT2D eigenvalue weighted by atomic mass is 10.1. The average molecular weight is 261 g/mol. The van der Waals surface area contributed by atoms with Crippen LogP contribution in [0, 0.1) is 0 Å². The number of anilines is 1. The van der Waals surface area contributed by atoms with E-state index in [0.717, 1.165) is 5.56 Å². The Hall–Kier alpha value is -2.21. The lowest BCUT2D eigenvalue weighted by molar-refractivity contribution is 0.103. The summed E-state index contributed by atoms with van der Waals surface area (Å²) in [6, 6.07) is 7.10. The Morgan fingerprint density at radius 1 is 1.50 bits per heavy atom. The highest BCUT2D eigenvalue weighted by atomic mass is 32.1. The zero-order valence-corrected chi connectivity index (χ0v) is 10.4. The SMILES string of the molecule is C/C(=N/O)c1cccc(NC(=O)c2cncs2)c1.